The molecule has 7 heteroatoms. The zero-order valence-electron chi connectivity index (χ0n) is 15.5. The first-order valence-electron chi connectivity index (χ1n) is 9.73. The van der Waals surface area contributed by atoms with E-state index < -0.39 is 0 Å². The summed E-state index contributed by atoms with van der Waals surface area (Å²) >= 11 is 0. The van der Waals surface area contributed by atoms with E-state index in [0.717, 1.165) is 52.1 Å². The van der Waals surface area contributed by atoms with E-state index in [4.69, 9.17) is 4.74 Å². The summed E-state index contributed by atoms with van der Waals surface area (Å²) in [5.41, 5.74) is 0. The molecule has 25 heavy (non-hydrogen) atoms. The molecule has 0 aromatic heterocycles. The molecular formula is C18H32N4O3. The molecule has 3 aliphatic rings. The molecule has 0 N–H and O–H groups in total. The van der Waals surface area contributed by atoms with Crippen LogP contribution in [-0.4, -0.2) is 110 Å². The number of amides is 2. The molecule has 0 aromatic carbocycles. The maximum Gasteiger partial charge on any atom is 0.236 e. The van der Waals surface area contributed by atoms with Crippen LogP contribution in [-0.2, 0) is 14.3 Å². The minimum Gasteiger partial charge on any atom is -0.375 e. The Morgan fingerprint density at radius 1 is 0.800 bits per heavy atom. The average Bonchev–Trinajstić information content (AvgIpc) is 2.64. The minimum atomic E-state index is 0.135. The van der Waals surface area contributed by atoms with E-state index in [1.807, 2.05) is 16.7 Å². The number of ether oxygens (including phenoxy) is 1. The molecule has 0 aliphatic carbocycles. The number of hydrogen-bond acceptors (Lipinski definition) is 5. The van der Waals surface area contributed by atoms with Gasteiger partial charge in [0.25, 0.3) is 0 Å². The topological polar surface area (TPSA) is 56.3 Å². The quantitative estimate of drug-likeness (QED) is 0.705. The van der Waals surface area contributed by atoms with Gasteiger partial charge < -0.3 is 14.5 Å². The van der Waals surface area contributed by atoms with Crippen molar-refractivity contribution in [1.29, 1.82) is 0 Å². The van der Waals surface area contributed by atoms with E-state index in [-0.39, 0.29) is 17.9 Å². The van der Waals surface area contributed by atoms with Gasteiger partial charge in [-0.15, -0.1) is 0 Å². The minimum absolute atomic E-state index is 0.135. The highest BCUT2D eigenvalue weighted by molar-refractivity contribution is 5.79. The van der Waals surface area contributed by atoms with Gasteiger partial charge in [0.1, 0.15) is 0 Å². The Labute approximate surface area is 150 Å². The van der Waals surface area contributed by atoms with Crippen LogP contribution in [0.25, 0.3) is 0 Å². The van der Waals surface area contributed by atoms with Crippen molar-refractivity contribution in [2.45, 2.75) is 32.3 Å². The Bertz CT molecular complexity index is 459. The van der Waals surface area contributed by atoms with Crippen molar-refractivity contribution in [3.05, 3.63) is 0 Å². The Hall–Kier alpha value is -1.18. The van der Waals surface area contributed by atoms with Gasteiger partial charge in [-0.05, 0) is 26.2 Å². The number of carbonyl (C=O) groups excluding carboxylic acids is 2. The van der Waals surface area contributed by atoms with Crippen LogP contribution in [0.15, 0.2) is 0 Å². The Balaban J connectivity index is 1.36. The summed E-state index contributed by atoms with van der Waals surface area (Å²) in [6.07, 6.45) is 3.66. The maximum atomic E-state index is 12.4. The summed E-state index contributed by atoms with van der Waals surface area (Å²) in [5.74, 6) is 0.472. The smallest absolute Gasteiger partial charge is 0.236 e. The summed E-state index contributed by atoms with van der Waals surface area (Å²) in [5, 5.41) is 0. The van der Waals surface area contributed by atoms with Gasteiger partial charge in [0.05, 0.1) is 25.8 Å². The third-order valence-electron chi connectivity index (χ3n) is 5.49. The molecule has 0 spiro atoms. The Kier molecular flexibility index (Phi) is 6.67. The molecule has 3 fully saturated rings. The van der Waals surface area contributed by atoms with Crippen molar-refractivity contribution >= 4 is 11.8 Å². The van der Waals surface area contributed by atoms with E-state index in [0.29, 0.717) is 32.8 Å². The average molecular weight is 352 g/mol. The highest BCUT2D eigenvalue weighted by Gasteiger charge is 2.26. The van der Waals surface area contributed by atoms with Crippen molar-refractivity contribution in [2.24, 2.45) is 0 Å². The number of morpholine rings is 1. The first-order valence-corrected chi connectivity index (χ1v) is 9.73. The molecule has 0 saturated carbocycles. The van der Waals surface area contributed by atoms with Crippen LogP contribution >= 0.6 is 0 Å². The molecule has 3 saturated heterocycles. The molecule has 0 bridgehead atoms. The van der Waals surface area contributed by atoms with Gasteiger partial charge in [-0.25, -0.2) is 0 Å². The third-order valence-corrected chi connectivity index (χ3v) is 5.49. The van der Waals surface area contributed by atoms with Crippen LogP contribution in [0, 0.1) is 0 Å². The van der Waals surface area contributed by atoms with Gasteiger partial charge in [0.2, 0.25) is 11.8 Å². The van der Waals surface area contributed by atoms with Gasteiger partial charge in [0, 0.05) is 52.4 Å². The third kappa shape index (κ3) is 5.39. The van der Waals surface area contributed by atoms with Crippen LogP contribution in [0.5, 0.6) is 0 Å². The fourth-order valence-electron chi connectivity index (χ4n) is 3.88. The van der Waals surface area contributed by atoms with E-state index in [1.54, 1.807) is 0 Å². The van der Waals surface area contributed by atoms with Crippen molar-refractivity contribution < 1.29 is 14.3 Å². The Morgan fingerprint density at radius 3 is 1.92 bits per heavy atom. The Morgan fingerprint density at radius 2 is 1.36 bits per heavy atom. The number of piperazine rings is 1. The molecule has 7 nitrogen and oxygen atoms in total. The second-order valence-electron chi connectivity index (χ2n) is 7.51. The van der Waals surface area contributed by atoms with Crippen LogP contribution < -0.4 is 0 Å². The molecular weight excluding hydrogens is 320 g/mol. The van der Waals surface area contributed by atoms with Crippen molar-refractivity contribution in [3.63, 3.8) is 0 Å². The normalized spacial score (nSPS) is 26.7. The van der Waals surface area contributed by atoms with Crippen molar-refractivity contribution in [2.75, 3.05) is 72.1 Å². The number of hydrogen-bond donors (Lipinski definition) is 0. The molecule has 0 aromatic rings. The van der Waals surface area contributed by atoms with Gasteiger partial charge >= 0.3 is 0 Å². The maximum absolute atomic E-state index is 12.4. The molecule has 1 unspecified atom stereocenters. The zero-order chi connectivity index (χ0) is 17.6. The van der Waals surface area contributed by atoms with Crippen LogP contribution in [0.4, 0.5) is 0 Å². The molecule has 0 radical (unpaired) electrons. The molecule has 1 atom stereocenters. The summed E-state index contributed by atoms with van der Waals surface area (Å²) in [4.78, 5) is 33.2. The van der Waals surface area contributed by atoms with Crippen LogP contribution in [0.3, 0.4) is 0 Å². The second-order valence-corrected chi connectivity index (χ2v) is 7.51. The predicted octanol–water partition coefficient (Wildman–Crippen LogP) is -0.136. The lowest BCUT2D eigenvalue weighted by atomic mass is 10.1. The molecule has 2 amide bonds. The van der Waals surface area contributed by atoms with Crippen molar-refractivity contribution in [3.8, 4) is 0 Å². The molecule has 3 aliphatic heterocycles. The highest BCUT2D eigenvalue weighted by Crippen LogP contribution is 2.11. The van der Waals surface area contributed by atoms with E-state index in [2.05, 4.69) is 9.80 Å². The predicted molar refractivity (Wildman–Crippen MR) is 95.3 cm³/mol. The highest BCUT2D eigenvalue weighted by atomic mass is 16.5. The molecule has 3 rings (SSSR count). The summed E-state index contributed by atoms with van der Waals surface area (Å²) in [7, 11) is 0. The first-order chi connectivity index (χ1) is 12.1. The first kappa shape index (κ1) is 18.6. The van der Waals surface area contributed by atoms with Crippen LogP contribution in [0.1, 0.15) is 26.2 Å². The van der Waals surface area contributed by atoms with E-state index in [9.17, 15) is 9.59 Å². The number of carbonyl (C=O) groups is 2. The number of rotatable bonds is 4. The second kappa shape index (κ2) is 8.96. The van der Waals surface area contributed by atoms with Gasteiger partial charge in [-0.3, -0.25) is 19.4 Å². The lowest BCUT2D eigenvalue weighted by molar-refractivity contribution is -0.140. The summed E-state index contributed by atoms with van der Waals surface area (Å²) < 4.78 is 5.50. The lowest BCUT2D eigenvalue weighted by Crippen LogP contribution is -2.54. The lowest BCUT2D eigenvalue weighted by Gasteiger charge is -2.37. The summed E-state index contributed by atoms with van der Waals surface area (Å²) in [6.45, 7) is 10.4. The zero-order valence-corrected chi connectivity index (χ0v) is 15.5. The number of likely N-dealkylation sites (tertiary alicyclic amines) is 1. The number of nitrogens with zero attached hydrogens (tertiary/aromatic N) is 4. The fourth-order valence-corrected chi connectivity index (χ4v) is 3.88. The van der Waals surface area contributed by atoms with E-state index >= 15 is 0 Å². The van der Waals surface area contributed by atoms with Crippen molar-refractivity contribution in [1.82, 2.24) is 19.6 Å². The standard InChI is InChI=1S/C18H32N4O3/c1-16-13-22(11-12-25-16)18(24)15-20-9-7-19(8-10-20)14-17(23)21-5-3-2-4-6-21/h16H,2-15H2,1H3. The number of piperidine rings is 1. The van der Waals surface area contributed by atoms with E-state index in [1.165, 1.54) is 6.42 Å². The fraction of sp³-hybridized carbons (Fsp3) is 0.889. The van der Waals surface area contributed by atoms with Gasteiger partial charge in [0.15, 0.2) is 0 Å². The monoisotopic (exact) mass is 352 g/mol. The van der Waals surface area contributed by atoms with Gasteiger partial charge in [-0.1, -0.05) is 0 Å². The van der Waals surface area contributed by atoms with Gasteiger partial charge in [-0.2, -0.15) is 0 Å². The largest absolute Gasteiger partial charge is 0.375 e. The molecule has 142 valence electrons. The summed E-state index contributed by atoms with van der Waals surface area (Å²) in [6, 6.07) is 0. The SMILES string of the molecule is CC1CN(C(=O)CN2CCN(CC(=O)N3CCCCC3)CC2)CCO1. The van der Waals surface area contributed by atoms with Crippen LogP contribution in [0.2, 0.25) is 0 Å². The molecule has 3 heterocycles.